The molecule has 2 aromatic rings. The second kappa shape index (κ2) is 8.80. The topological polar surface area (TPSA) is 49.4 Å². The van der Waals surface area contributed by atoms with Gasteiger partial charge in [-0.1, -0.05) is 60.9 Å². The van der Waals surface area contributed by atoms with Gasteiger partial charge in [-0.25, -0.2) is 13.1 Å². The van der Waals surface area contributed by atoms with E-state index in [1.54, 1.807) is 12.1 Å². The minimum absolute atomic E-state index is 0.0644. The van der Waals surface area contributed by atoms with Gasteiger partial charge in [0.25, 0.3) is 0 Å². The summed E-state index contributed by atoms with van der Waals surface area (Å²) < 4.78 is 28.2. The average Bonchev–Trinajstić information content (AvgIpc) is 2.92. The van der Waals surface area contributed by atoms with E-state index in [0.29, 0.717) is 11.4 Å². The van der Waals surface area contributed by atoms with E-state index in [9.17, 15) is 8.42 Å². The average molecular weight is 373 g/mol. The zero-order valence-corrected chi connectivity index (χ0v) is 16.2. The summed E-state index contributed by atoms with van der Waals surface area (Å²) in [7, 11) is -3.50. The lowest BCUT2D eigenvalue weighted by molar-refractivity contribution is 0.206. The van der Waals surface area contributed by atoms with Crippen LogP contribution >= 0.6 is 0 Å². The van der Waals surface area contributed by atoms with Crippen molar-refractivity contribution in [2.24, 2.45) is 0 Å². The molecule has 1 saturated heterocycles. The Labute approximate surface area is 157 Å². The standard InChI is InChI=1S/C21H28N2O2S/c1-18-11-13-20(14-12-18)26(24,25)22-17-21(19-9-5-4-6-10-19)23-15-7-2-3-8-16-23/h4-6,9-14,21-22H,2-3,7-8,15-17H2,1H3/t21-/m0/s1. The van der Waals surface area contributed by atoms with Gasteiger partial charge in [0.05, 0.1) is 4.90 Å². The Kier molecular flexibility index (Phi) is 6.46. The monoisotopic (exact) mass is 372 g/mol. The van der Waals surface area contributed by atoms with E-state index in [-0.39, 0.29) is 6.04 Å². The molecule has 0 bridgehead atoms. The maximum Gasteiger partial charge on any atom is 0.240 e. The SMILES string of the molecule is Cc1ccc(S(=O)(=O)NC[C@@H](c2ccccc2)N2CCCCCC2)cc1. The van der Waals surface area contributed by atoms with Crippen molar-refractivity contribution in [3.8, 4) is 0 Å². The number of rotatable bonds is 6. The summed E-state index contributed by atoms with van der Waals surface area (Å²) in [6.07, 6.45) is 4.86. The fourth-order valence-electron chi connectivity index (χ4n) is 3.53. The first kappa shape index (κ1) is 19.1. The van der Waals surface area contributed by atoms with Gasteiger partial charge in [-0.15, -0.1) is 0 Å². The van der Waals surface area contributed by atoms with E-state index < -0.39 is 10.0 Å². The zero-order valence-electron chi connectivity index (χ0n) is 15.4. The summed E-state index contributed by atoms with van der Waals surface area (Å²) in [4.78, 5) is 2.76. The molecule has 1 aliphatic rings. The van der Waals surface area contributed by atoms with Crippen molar-refractivity contribution in [1.82, 2.24) is 9.62 Å². The molecule has 1 atom stereocenters. The maximum absolute atomic E-state index is 12.7. The Balaban J connectivity index is 1.78. The number of nitrogens with one attached hydrogen (secondary N) is 1. The molecule has 0 unspecified atom stereocenters. The molecule has 4 nitrogen and oxygen atoms in total. The summed E-state index contributed by atoms with van der Waals surface area (Å²) in [6, 6.07) is 17.3. The number of hydrogen-bond acceptors (Lipinski definition) is 3. The fraction of sp³-hybridized carbons (Fsp3) is 0.429. The van der Waals surface area contributed by atoms with Crippen LogP contribution < -0.4 is 4.72 Å². The highest BCUT2D eigenvalue weighted by atomic mass is 32.2. The summed E-state index contributed by atoms with van der Waals surface area (Å²) in [6.45, 7) is 4.38. The first-order valence-electron chi connectivity index (χ1n) is 9.41. The molecule has 1 aliphatic heterocycles. The van der Waals surface area contributed by atoms with Crippen molar-refractivity contribution in [3.63, 3.8) is 0 Å². The minimum atomic E-state index is -3.50. The number of nitrogens with zero attached hydrogens (tertiary/aromatic N) is 1. The van der Waals surface area contributed by atoms with Crippen LogP contribution in [0.4, 0.5) is 0 Å². The summed E-state index contributed by atoms with van der Waals surface area (Å²) in [5.74, 6) is 0. The van der Waals surface area contributed by atoms with Gasteiger partial charge in [0, 0.05) is 12.6 Å². The van der Waals surface area contributed by atoms with Crippen molar-refractivity contribution < 1.29 is 8.42 Å². The predicted molar refractivity (Wildman–Crippen MR) is 106 cm³/mol. The van der Waals surface area contributed by atoms with Gasteiger partial charge >= 0.3 is 0 Å². The molecule has 2 aromatic carbocycles. The van der Waals surface area contributed by atoms with Gasteiger partial charge in [-0.2, -0.15) is 0 Å². The molecular weight excluding hydrogens is 344 g/mol. The van der Waals surface area contributed by atoms with Crippen LogP contribution in [0.1, 0.15) is 42.9 Å². The van der Waals surface area contributed by atoms with E-state index in [1.165, 1.54) is 31.2 Å². The van der Waals surface area contributed by atoms with Crippen molar-refractivity contribution in [2.45, 2.75) is 43.5 Å². The first-order chi connectivity index (χ1) is 12.6. The molecule has 140 valence electrons. The Morgan fingerprint density at radius 1 is 0.923 bits per heavy atom. The van der Waals surface area contributed by atoms with Crippen LogP contribution in [-0.2, 0) is 10.0 Å². The quantitative estimate of drug-likeness (QED) is 0.837. The van der Waals surface area contributed by atoms with Gasteiger partial charge < -0.3 is 0 Å². The van der Waals surface area contributed by atoms with Crippen LogP contribution in [0.15, 0.2) is 59.5 Å². The predicted octanol–water partition coefficient (Wildman–Crippen LogP) is 3.89. The molecular formula is C21H28N2O2S. The third-order valence-corrected chi connectivity index (χ3v) is 6.50. The fourth-order valence-corrected chi connectivity index (χ4v) is 4.57. The lowest BCUT2D eigenvalue weighted by atomic mass is 10.1. The largest absolute Gasteiger partial charge is 0.295 e. The molecule has 0 aliphatic carbocycles. The third kappa shape index (κ3) is 4.93. The first-order valence-corrected chi connectivity index (χ1v) is 10.9. The smallest absolute Gasteiger partial charge is 0.240 e. The molecule has 1 fully saturated rings. The summed E-state index contributed by atoms with van der Waals surface area (Å²) in [5.41, 5.74) is 2.22. The molecule has 0 aromatic heterocycles. The lowest BCUT2D eigenvalue weighted by Crippen LogP contribution is -2.38. The van der Waals surface area contributed by atoms with Crippen LogP contribution in [-0.4, -0.2) is 33.0 Å². The number of aryl methyl sites for hydroxylation is 1. The number of hydrogen-bond donors (Lipinski definition) is 1. The molecule has 0 amide bonds. The zero-order chi connectivity index (χ0) is 18.4. The highest BCUT2D eigenvalue weighted by Crippen LogP contribution is 2.24. The lowest BCUT2D eigenvalue weighted by Gasteiger charge is -2.31. The third-order valence-electron chi connectivity index (χ3n) is 5.06. The van der Waals surface area contributed by atoms with E-state index in [1.807, 2.05) is 37.3 Å². The van der Waals surface area contributed by atoms with Gasteiger partial charge in [0.1, 0.15) is 0 Å². The molecule has 0 spiro atoms. The highest BCUT2D eigenvalue weighted by Gasteiger charge is 2.24. The molecule has 26 heavy (non-hydrogen) atoms. The molecule has 3 rings (SSSR count). The van der Waals surface area contributed by atoms with Crippen molar-refractivity contribution in [1.29, 1.82) is 0 Å². The Bertz CT molecular complexity index is 781. The second-order valence-electron chi connectivity index (χ2n) is 7.04. The van der Waals surface area contributed by atoms with E-state index >= 15 is 0 Å². The summed E-state index contributed by atoms with van der Waals surface area (Å²) >= 11 is 0. The van der Waals surface area contributed by atoms with Crippen LogP contribution in [0.25, 0.3) is 0 Å². The van der Waals surface area contributed by atoms with Crippen molar-refractivity contribution in [3.05, 3.63) is 65.7 Å². The Morgan fingerprint density at radius 2 is 1.54 bits per heavy atom. The van der Waals surface area contributed by atoms with Crippen molar-refractivity contribution in [2.75, 3.05) is 19.6 Å². The molecule has 1 heterocycles. The van der Waals surface area contributed by atoms with E-state index in [4.69, 9.17) is 0 Å². The van der Waals surface area contributed by atoms with Crippen LogP contribution in [0, 0.1) is 6.92 Å². The van der Waals surface area contributed by atoms with Gasteiger partial charge in [0.2, 0.25) is 10.0 Å². The van der Waals surface area contributed by atoms with Gasteiger partial charge in [-0.05, 0) is 50.6 Å². The number of likely N-dealkylation sites (tertiary alicyclic amines) is 1. The Hall–Kier alpha value is -1.69. The van der Waals surface area contributed by atoms with Crippen LogP contribution in [0.5, 0.6) is 0 Å². The minimum Gasteiger partial charge on any atom is -0.295 e. The summed E-state index contributed by atoms with van der Waals surface area (Å²) in [5, 5.41) is 0. The normalized spacial score (nSPS) is 17.6. The second-order valence-corrected chi connectivity index (χ2v) is 8.81. The van der Waals surface area contributed by atoms with E-state index in [0.717, 1.165) is 18.7 Å². The van der Waals surface area contributed by atoms with Gasteiger partial charge in [0.15, 0.2) is 0 Å². The molecule has 1 N–H and O–H groups in total. The molecule has 0 saturated carbocycles. The van der Waals surface area contributed by atoms with E-state index in [2.05, 4.69) is 21.8 Å². The van der Waals surface area contributed by atoms with Crippen LogP contribution in [0.2, 0.25) is 0 Å². The number of sulfonamides is 1. The maximum atomic E-state index is 12.7. The van der Waals surface area contributed by atoms with Gasteiger partial charge in [-0.3, -0.25) is 4.90 Å². The van der Waals surface area contributed by atoms with Crippen LogP contribution in [0.3, 0.4) is 0 Å². The molecule has 0 radical (unpaired) electrons. The number of benzene rings is 2. The molecule has 5 heteroatoms. The Morgan fingerprint density at radius 3 is 2.15 bits per heavy atom. The highest BCUT2D eigenvalue weighted by molar-refractivity contribution is 7.89. The van der Waals surface area contributed by atoms with Crippen molar-refractivity contribution >= 4 is 10.0 Å².